The predicted molar refractivity (Wildman–Crippen MR) is 137 cm³/mol. The van der Waals surface area contributed by atoms with Crippen molar-refractivity contribution in [3.63, 3.8) is 0 Å². The highest BCUT2D eigenvalue weighted by molar-refractivity contribution is 7.89. The number of rotatable bonds is 8. The zero-order valence-electron chi connectivity index (χ0n) is 20.3. The van der Waals surface area contributed by atoms with Crippen molar-refractivity contribution >= 4 is 27.4 Å². The molecule has 0 unspecified atom stereocenters. The number of Topliss-reactive ketones (excluding diaryl/α,β-unsaturated/α-hetero) is 1. The molecule has 0 aliphatic carbocycles. The van der Waals surface area contributed by atoms with Crippen molar-refractivity contribution in [3.05, 3.63) is 101 Å². The fourth-order valence-corrected chi connectivity index (χ4v) is 5.59. The highest BCUT2D eigenvalue weighted by Gasteiger charge is 2.40. The van der Waals surface area contributed by atoms with Crippen molar-refractivity contribution in [2.24, 2.45) is 0 Å². The third kappa shape index (κ3) is 4.89. The quantitative estimate of drug-likeness (QED) is 0.472. The average Bonchev–Trinajstić information content (AvgIpc) is 2.89. The summed E-state index contributed by atoms with van der Waals surface area (Å²) < 4.78 is 33.7. The van der Waals surface area contributed by atoms with Gasteiger partial charge in [0.1, 0.15) is 11.4 Å². The summed E-state index contributed by atoms with van der Waals surface area (Å²) in [6.45, 7) is 0.395. The van der Waals surface area contributed by atoms with Crippen LogP contribution in [0.4, 0.5) is 0 Å². The summed E-state index contributed by atoms with van der Waals surface area (Å²) in [6.07, 6.45) is 0. The van der Waals surface area contributed by atoms with Gasteiger partial charge in [-0.05, 0) is 44.4 Å². The van der Waals surface area contributed by atoms with Crippen LogP contribution in [0.2, 0.25) is 0 Å². The van der Waals surface area contributed by atoms with Crippen LogP contribution < -0.4 is 10.1 Å². The molecule has 0 saturated carbocycles. The smallest absolute Gasteiger partial charge is 0.265 e. The van der Waals surface area contributed by atoms with E-state index in [1.165, 1.54) is 13.2 Å². The molecule has 0 spiro atoms. The van der Waals surface area contributed by atoms with Crippen LogP contribution in [0, 0.1) is 0 Å². The molecule has 0 atom stereocenters. The first-order chi connectivity index (χ1) is 17.2. The molecular weight excluding hydrogens is 478 g/mol. The Balaban J connectivity index is 1.91. The van der Waals surface area contributed by atoms with Crippen molar-refractivity contribution in [1.82, 2.24) is 14.5 Å². The number of likely N-dealkylation sites (N-methyl/N-ethyl adjacent to an activating group) is 1. The Morgan fingerprint density at radius 2 is 1.53 bits per heavy atom. The minimum atomic E-state index is -4.06. The second-order valence-corrected chi connectivity index (χ2v) is 10.3. The first kappa shape index (κ1) is 25.2. The number of amides is 1. The number of nitrogens with one attached hydrogen (secondary N) is 1. The van der Waals surface area contributed by atoms with E-state index in [1.54, 1.807) is 72.8 Å². The zero-order valence-corrected chi connectivity index (χ0v) is 21.1. The third-order valence-corrected chi connectivity index (χ3v) is 7.66. The second-order valence-electron chi connectivity index (χ2n) is 8.48. The molecule has 0 fully saturated rings. The van der Waals surface area contributed by atoms with Gasteiger partial charge in [-0.25, -0.2) is 8.42 Å². The van der Waals surface area contributed by atoms with Crippen LogP contribution in [-0.2, 0) is 10.0 Å². The molecular formula is C27H27N3O5S. The van der Waals surface area contributed by atoms with E-state index in [0.717, 1.165) is 4.31 Å². The van der Waals surface area contributed by atoms with Crippen LogP contribution in [0.15, 0.2) is 89.5 Å². The highest BCUT2D eigenvalue weighted by atomic mass is 32.2. The molecule has 186 valence electrons. The molecule has 4 rings (SSSR count). The minimum Gasteiger partial charge on any atom is -0.497 e. The van der Waals surface area contributed by atoms with Crippen LogP contribution in [0.1, 0.15) is 26.3 Å². The van der Waals surface area contributed by atoms with Gasteiger partial charge in [-0.2, -0.15) is 0 Å². The maximum Gasteiger partial charge on any atom is 0.265 e. The molecule has 0 bridgehead atoms. The molecule has 1 amide bonds. The summed E-state index contributed by atoms with van der Waals surface area (Å²) in [6, 6.07) is 21.3. The van der Waals surface area contributed by atoms with Gasteiger partial charge in [0.25, 0.3) is 15.9 Å². The van der Waals surface area contributed by atoms with Gasteiger partial charge in [0.05, 0.1) is 17.7 Å². The van der Waals surface area contributed by atoms with Crippen molar-refractivity contribution in [3.8, 4) is 5.75 Å². The fourth-order valence-electron chi connectivity index (χ4n) is 3.92. The second kappa shape index (κ2) is 10.3. The monoisotopic (exact) mass is 505 g/mol. The van der Waals surface area contributed by atoms with Crippen LogP contribution >= 0.6 is 0 Å². The lowest BCUT2D eigenvalue weighted by molar-refractivity contribution is 0.0972. The normalized spacial score (nSPS) is 14.4. The Morgan fingerprint density at radius 3 is 2.17 bits per heavy atom. The third-order valence-electron chi connectivity index (χ3n) is 5.80. The van der Waals surface area contributed by atoms with Gasteiger partial charge in [0.15, 0.2) is 0 Å². The van der Waals surface area contributed by atoms with E-state index in [0.29, 0.717) is 23.4 Å². The largest absolute Gasteiger partial charge is 0.497 e. The molecule has 1 heterocycles. The van der Waals surface area contributed by atoms with Crippen LogP contribution in [0.5, 0.6) is 5.75 Å². The predicted octanol–water partition coefficient (Wildman–Crippen LogP) is 3.24. The number of nitrogens with zero attached hydrogens (tertiary/aromatic N) is 2. The molecule has 1 aliphatic heterocycles. The van der Waals surface area contributed by atoms with E-state index in [4.69, 9.17) is 4.74 Å². The number of allylic oxidation sites excluding steroid dienone is 1. The van der Waals surface area contributed by atoms with Gasteiger partial charge in [0.2, 0.25) is 5.78 Å². The molecule has 36 heavy (non-hydrogen) atoms. The number of carbonyl (C=O) groups is 2. The van der Waals surface area contributed by atoms with Crippen LogP contribution in [0.3, 0.4) is 0 Å². The zero-order chi connectivity index (χ0) is 25.9. The standard InChI is InChI=1S/C27H27N3O5S/c1-29(2)17-18-30-25(26(31)19-9-5-4-6-10-19)24(22-11-7-8-12-23(22)36(30,33)34)28-27(32)20-13-15-21(35-3)16-14-20/h4-16H,17-18H2,1-3H3,(H,28,32). The Labute approximate surface area is 210 Å². The summed E-state index contributed by atoms with van der Waals surface area (Å²) in [5.41, 5.74) is 0.964. The lowest BCUT2D eigenvalue weighted by atomic mass is 10.0. The number of fused-ring (bicyclic) bond motifs is 1. The van der Waals surface area contributed by atoms with Crippen LogP contribution in [0.25, 0.3) is 5.70 Å². The van der Waals surface area contributed by atoms with Gasteiger partial charge in [-0.15, -0.1) is 0 Å². The summed E-state index contributed by atoms with van der Waals surface area (Å²) in [5, 5.41) is 2.84. The van der Waals surface area contributed by atoms with Crippen molar-refractivity contribution < 1.29 is 22.7 Å². The van der Waals surface area contributed by atoms with Gasteiger partial charge in [-0.1, -0.05) is 48.5 Å². The number of sulfonamides is 1. The first-order valence-electron chi connectivity index (χ1n) is 11.3. The van der Waals surface area contributed by atoms with E-state index < -0.39 is 21.7 Å². The van der Waals surface area contributed by atoms with Crippen molar-refractivity contribution in [1.29, 1.82) is 0 Å². The lowest BCUT2D eigenvalue weighted by Gasteiger charge is -2.34. The molecule has 0 aromatic heterocycles. The highest BCUT2D eigenvalue weighted by Crippen LogP contribution is 2.37. The van der Waals surface area contributed by atoms with E-state index >= 15 is 0 Å². The van der Waals surface area contributed by atoms with E-state index in [1.807, 2.05) is 19.0 Å². The summed E-state index contributed by atoms with van der Waals surface area (Å²) in [4.78, 5) is 29.0. The average molecular weight is 506 g/mol. The number of hydrogen-bond donors (Lipinski definition) is 1. The maximum absolute atomic E-state index is 13.8. The minimum absolute atomic E-state index is 0.0263. The lowest BCUT2D eigenvalue weighted by Crippen LogP contribution is -2.43. The Kier molecular flexibility index (Phi) is 7.23. The summed E-state index contributed by atoms with van der Waals surface area (Å²) in [5.74, 6) is -0.389. The molecule has 0 saturated heterocycles. The number of methoxy groups -OCH3 is 1. The van der Waals surface area contributed by atoms with E-state index in [2.05, 4.69) is 5.32 Å². The topological polar surface area (TPSA) is 96.0 Å². The Morgan fingerprint density at radius 1 is 0.889 bits per heavy atom. The molecule has 3 aromatic carbocycles. The summed E-state index contributed by atoms with van der Waals surface area (Å²) in [7, 11) is 1.11. The number of ketones is 1. The number of hydrogen-bond acceptors (Lipinski definition) is 6. The van der Waals surface area contributed by atoms with Crippen LogP contribution in [-0.4, -0.2) is 63.6 Å². The molecule has 0 radical (unpaired) electrons. The SMILES string of the molecule is COc1ccc(C(=O)NC2=C(C(=O)c3ccccc3)N(CCN(C)C)S(=O)(=O)c3ccccc32)cc1. The Hall–Kier alpha value is -3.95. The summed E-state index contributed by atoms with van der Waals surface area (Å²) >= 11 is 0. The Bertz CT molecular complexity index is 1420. The number of ether oxygens (including phenoxy) is 1. The number of carbonyl (C=O) groups excluding carboxylic acids is 2. The molecule has 1 N–H and O–H groups in total. The van der Waals surface area contributed by atoms with Gasteiger partial charge in [0, 0.05) is 29.8 Å². The molecule has 1 aliphatic rings. The first-order valence-corrected chi connectivity index (χ1v) is 12.7. The molecule has 8 nitrogen and oxygen atoms in total. The van der Waals surface area contributed by atoms with Gasteiger partial charge >= 0.3 is 0 Å². The maximum atomic E-state index is 13.8. The molecule has 9 heteroatoms. The van der Waals surface area contributed by atoms with Gasteiger partial charge in [-0.3, -0.25) is 13.9 Å². The fraction of sp³-hybridized carbons (Fsp3) is 0.185. The molecule has 3 aromatic rings. The van der Waals surface area contributed by atoms with Crippen molar-refractivity contribution in [2.45, 2.75) is 4.90 Å². The van der Waals surface area contributed by atoms with E-state index in [9.17, 15) is 18.0 Å². The van der Waals surface area contributed by atoms with Crippen molar-refractivity contribution in [2.75, 3.05) is 34.3 Å². The van der Waals surface area contributed by atoms with E-state index in [-0.39, 0.29) is 28.4 Å². The number of benzene rings is 3. The van der Waals surface area contributed by atoms with Gasteiger partial charge < -0.3 is 15.0 Å².